The van der Waals surface area contributed by atoms with Crippen molar-refractivity contribution < 1.29 is 0 Å². The van der Waals surface area contributed by atoms with Crippen molar-refractivity contribution in [3.8, 4) is 0 Å². The second-order valence-electron chi connectivity index (χ2n) is 5.30. The molecule has 0 unspecified atom stereocenters. The summed E-state index contributed by atoms with van der Waals surface area (Å²) >= 11 is 1.64. The van der Waals surface area contributed by atoms with Crippen LogP contribution >= 0.6 is 11.8 Å². The fourth-order valence-corrected chi connectivity index (χ4v) is 3.42. The van der Waals surface area contributed by atoms with E-state index in [0.29, 0.717) is 6.04 Å². The van der Waals surface area contributed by atoms with Crippen LogP contribution in [0.25, 0.3) is 0 Å². The summed E-state index contributed by atoms with van der Waals surface area (Å²) in [4.78, 5) is 0. The predicted octanol–water partition coefficient (Wildman–Crippen LogP) is 1.50. The maximum Gasteiger partial charge on any atom is 0.209 e. The van der Waals surface area contributed by atoms with Gasteiger partial charge in [-0.05, 0) is 36.4 Å². The van der Waals surface area contributed by atoms with E-state index in [9.17, 15) is 0 Å². The van der Waals surface area contributed by atoms with Crippen molar-refractivity contribution in [1.82, 2.24) is 35.3 Å². The van der Waals surface area contributed by atoms with E-state index < -0.39 is 0 Å². The first-order chi connectivity index (χ1) is 10.4. The van der Waals surface area contributed by atoms with E-state index in [1.807, 2.05) is 11.7 Å². The standard InChI is InChI=1S/C13H21N7S/c1-14-7-9-20-13(15-17-18-20)21-10-11-6-8-19(16-11)12-4-2-3-5-12/h6,8,12,14H,2-5,7,9-10H2,1H3. The second kappa shape index (κ2) is 7.04. The monoisotopic (exact) mass is 307 g/mol. The van der Waals surface area contributed by atoms with Gasteiger partial charge >= 0.3 is 0 Å². The van der Waals surface area contributed by atoms with Gasteiger partial charge in [-0.15, -0.1) is 5.10 Å². The number of hydrogen-bond donors (Lipinski definition) is 1. The quantitative estimate of drug-likeness (QED) is 0.781. The Morgan fingerprint density at radius 2 is 2.24 bits per heavy atom. The van der Waals surface area contributed by atoms with Crippen molar-refractivity contribution in [2.45, 2.75) is 49.2 Å². The van der Waals surface area contributed by atoms with Crippen molar-refractivity contribution in [3.63, 3.8) is 0 Å². The van der Waals surface area contributed by atoms with Crippen LogP contribution in [0.1, 0.15) is 37.4 Å². The third-order valence-electron chi connectivity index (χ3n) is 3.78. The lowest BCUT2D eigenvalue weighted by molar-refractivity contribution is 0.464. The van der Waals surface area contributed by atoms with Crippen molar-refractivity contribution in [1.29, 1.82) is 0 Å². The van der Waals surface area contributed by atoms with Gasteiger partial charge in [0.05, 0.1) is 18.3 Å². The van der Waals surface area contributed by atoms with Crippen LogP contribution in [-0.4, -0.2) is 43.6 Å². The molecule has 1 saturated carbocycles. The van der Waals surface area contributed by atoms with Crippen LogP contribution < -0.4 is 5.32 Å². The van der Waals surface area contributed by atoms with Gasteiger partial charge in [-0.1, -0.05) is 24.6 Å². The number of rotatable bonds is 7. The topological polar surface area (TPSA) is 73.5 Å². The SMILES string of the molecule is CNCCn1nnnc1SCc1ccn(C2CCCC2)n1. The molecular weight excluding hydrogens is 286 g/mol. The van der Waals surface area contributed by atoms with E-state index in [0.717, 1.165) is 29.7 Å². The van der Waals surface area contributed by atoms with Gasteiger partial charge < -0.3 is 5.32 Å². The number of tetrazole rings is 1. The van der Waals surface area contributed by atoms with E-state index >= 15 is 0 Å². The minimum absolute atomic E-state index is 0.602. The fraction of sp³-hybridized carbons (Fsp3) is 0.692. The second-order valence-corrected chi connectivity index (χ2v) is 6.24. The first kappa shape index (κ1) is 14.5. The average Bonchev–Trinajstić information content (AvgIpc) is 3.22. The van der Waals surface area contributed by atoms with E-state index in [2.05, 4.69) is 42.9 Å². The summed E-state index contributed by atoms with van der Waals surface area (Å²) in [5, 5.41) is 20.5. The summed E-state index contributed by atoms with van der Waals surface area (Å²) in [5.74, 6) is 0.805. The van der Waals surface area contributed by atoms with Gasteiger partial charge in [0.2, 0.25) is 5.16 Å². The molecular formula is C13H21N7S. The third kappa shape index (κ3) is 3.62. The Morgan fingerprint density at radius 3 is 3.05 bits per heavy atom. The molecule has 21 heavy (non-hydrogen) atoms. The zero-order valence-corrected chi connectivity index (χ0v) is 13.1. The number of likely N-dealkylation sites (N-methyl/N-ethyl adjacent to an activating group) is 1. The Balaban J connectivity index is 1.56. The van der Waals surface area contributed by atoms with Gasteiger partial charge in [-0.25, -0.2) is 4.68 Å². The molecule has 1 N–H and O–H groups in total. The molecule has 0 amide bonds. The van der Waals surface area contributed by atoms with E-state index in [-0.39, 0.29) is 0 Å². The van der Waals surface area contributed by atoms with Crippen LogP contribution in [0.3, 0.4) is 0 Å². The molecule has 1 fully saturated rings. The molecule has 7 nitrogen and oxygen atoms in total. The highest BCUT2D eigenvalue weighted by atomic mass is 32.2. The lowest BCUT2D eigenvalue weighted by Gasteiger charge is -2.08. The van der Waals surface area contributed by atoms with Gasteiger partial charge in [0, 0.05) is 18.5 Å². The minimum Gasteiger partial charge on any atom is -0.318 e. The Hall–Kier alpha value is -1.41. The molecule has 2 heterocycles. The van der Waals surface area contributed by atoms with Crippen molar-refractivity contribution in [2.75, 3.05) is 13.6 Å². The van der Waals surface area contributed by atoms with Crippen LogP contribution in [0.5, 0.6) is 0 Å². The van der Waals surface area contributed by atoms with E-state index in [1.54, 1.807) is 11.8 Å². The molecule has 1 aliphatic rings. The molecule has 0 aliphatic heterocycles. The van der Waals surface area contributed by atoms with Gasteiger partial charge in [0.25, 0.3) is 0 Å². The highest BCUT2D eigenvalue weighted by Gasteiger charge is 2.17. The lowest BCUT2D eigenvalue weighted by atomic mass is 10.3. The maximum absolute atomic E-state index is 4.69. The lowest BCUT2D eigenvalue weighted by Crippen LogP contribution is -2.16. The molecule has 0 bridgehead atoms. The van der Waals surface area contributed by atoms with Crippen LogP contribution in [0.15, 0.2) is 17.4 Å². The largest absolute Gasteiger partial charge is 0.318 e. The first-order valence-electron chi connectivity index (χ1n) is 7.44. The van der Waals surface area contributed by atoms with Gasteiger partial charge in [-0.3, -0.25) is 4.68 Å². The summed E-state index contributed by atoms with van der Waals surface area (Å²) < 4.78 is 3.96. The number of aromatic nitrogens is 6. The Labute approximate surface area is 128 Å². The van der Waals surface area contributed by atoms with Crippen LogP contribution in [0.2, 0.25) is 0 Å². The van der Waals surface area contributed by atoms with Crippen molar-refractivity contribution >= 4 is 11.8 Å². The molecule has 1 aliphatic carbocycles. The van der Waals surface area contributed by atoms with Crippen molar-refractivity contribution in [2.24, 2.45) is 0 Å². The van der Waals surface area contributed by atoms with Gasteiger partial charge in [-0.2, -0.15) is 5.10 Å². The zero-order valence-electron chi connectivity index (χ0n) is 12.3. The van der Waals surface area contributed by atoms with Gasteiger partial charge in [0.15, 0.2) is 0 Å². The van der Waals surface area contributed by atoms with Gasteiger partial charge in [0.1, 0.15) is 0 Å². The Bertz CT molecular complexity index is 558. The molecule has 0 radical (unpaired) electrons. The summed E-state index contributed by atoms with van der Waals surface area (Å²) in [6.45, 7) is 1.64. The number of hydrogen-bond acceptors (Lipinski definition) is 6. The molecule has 2 aromatic heterocycles. The third-order valence-corrected chi connectivity index (χ3v) is 4.77. The van der Waals surface area contributed by atoms with Crippen LogP contribution in [0, 0.1) is 0 Å². The Kier molecular flexibility index (Phi) is 4.87. The molecule has 8 heteroatoms. The van der Waals surface area contributed by atoms with E-state index in [1.165, 1.54) is 25.7 Å². The molecule has 0 atom stereocenters. The minimum atomic E-state index is 0.602. The summed E-state index contributed by atoms with van der Waals surface area (Å²) in [7, 11) is 1.92. The molecule has 0 saturated heterocycles. The molecule has 3 rings (SSSR count). The molecule has 0 spiro atoms. The van der Waals surface area contributed by atoms with E-state index in [4.69, 9.17) is 0 Å². The molecule has 114 valence electrons. The number of thioether (sulfide) groups is 1. The Morgan fingerprint density at radius 1 is 1.38 bits per heavy atom. The predicted molar refractivity (Wildman–Crippen MR) is 81.0 cm³/mol. The summed E-state index contributed by atoms with van der Waals surface area (Å²) in [6, 6.07) is 2.71. The average molecular weight is 307 g/mol. The van der Waals surface area contributed by atoms with Crippen LogP contribution in [0.4, 0.5) is 0 Å². The number of nitrogens with zero attached hydrogens (tertiary/aromatic N) is 6. The fourth-order valence-electron chi connectivity index (χ4n) is 2.62. The summed E-state index contributed by atoms with van der Waals surface area (Å²) in [5.41, 5.74) is 1.09. The highest BCUT2D eigenvalue weighted by molar-refractivity contribution is 7.98. The first-order valence-corrected chi connectivity index (χ1v) is 8.43. The smallest absolute Gasteiger partial charge is 0.209 e. The highest BCUT2D eigenvalue weighted by Crippen LogP contribution is 2.29. The maximum atomic E-state index is 4.69. The summed E-state index contributed by atoms with van der Waals surface area (Å²) in [6.07, 6.45) is 7.28. The molecule has 0 aromatic carbocycles. The normalized spacial score (nSPS) is 15.9. The number of nitrogens with one attached hydrogen (secondary N) is 1. The van der Waals surface area contributed by atoms with Crippen LogP contribution in [-0.2, 0) is 12.3 Å². The molecule has 2 aromatic rings. The van der Waals surface area contributed by atoms with Crippen molar-refractivity contribution in [3.05, 3.63) is 18.0 Å². The zero-order chi connectivity index (χ0) is 14.5.